The SMILES string of the molecule is CCCCCc1ccc(C(=O)N=C(N)N)c(CF)c1S(C)(=O)=O. The number of alkyl halides is 1. The number of unbranched alkanes of at least 4 members (excludes halogenated alkanes) is 2. The van der Waals surface area contributed by atoms with Crippen LogP contribution in [0.4, 0.5) is 4.39 Å². The number of halogens is 1. The Morgan fingerprint density at radius 1 is 1.26 bits per heavy atom. The molecule has 1 amide bonds. The monoisotopic (exact) mass is 343 g/mol. The van der Waals surface area contributed by atoms with Crippen LogP contribution in [0.5, 0.6) is 0 Å². The number of rotatable bonds is 7. The Bertz CT molecular complexity index is 711. The highest BCUT2D eigenvalue weighted by molar-refractivity contribution is 7.90. The average molecular weight is 343 g/mol. The quantitative estimate of drug-likeness (QED) is 0.444. The number of aryl methyl sites for hydroxylation is 1. The third-order valence-electron chi connectivity index (χ3n) is 3.36. The van der Waals surface area contributed by atoms with Crippen LogP contribution >= 0.6 is 0 Å². The van der Waals surface area contributed by atoms with Gasteiger partial charge in [0, 0.05) is 17.4 Å². The van der Waals surface area contributed by atoms with E-state index in [2.05, 4.69) is 4.99 Å². The number of carbonyl (C=O) groups excluding carboxylic acids is 1. The standard InChI is InChI=1S/C15H22FN3O3S/c1-3-4-5-6-10-7-8-11(14(20)19-15(17)18)12(9-16)13(10)23(2,21)22/h7-8H,3-6,9H2,1-2H3,(H4,17,18,19,20). The zero-order valence-corrected chi connectivity index (χ0v) is 14.1. The molecule has 0 aromatic heterocycles. The van der Waals surface area contributed by atoms with Crippen LogP contribution in [0.15, 0.2) is 22.0 Å². The Morgan fingerprint density at radius 3 is 2.39 bits per heavy atom. The molecule has 8 heteroatoms. The van der Waals surface area contributed by atoms with Gasteiger partial charge in [-0.25, -0.2) is 12.8 Å². The fraction of sp³-hybridized carbons (Fsp3) is 0.467. The van der Waals surface area contributed by atoms with Crippen LogP contribution < -0.4 is 11.5 Å². The minimum atomic E-state index is -3.70. The highest BCUT2D eigenvalue weighted by Gasteiger charge is 2.24. The van der Waals surface area contributed by atoms with Crippen molar-refractivity contribution in [2.45, 2.75) is 44.2 Å². The lowest BCUT2D eigenvalue weighted by atomic mass is 10.00. The Labute approximate surface area is 135 Å². The van der Waals surface area contributed by atoms with E-state index in [1.165, 1.54) is 12.1 Å². The van der Waals surface area contributed by atoms with Gasteiger partial charge in [-0.3, -0.25) is 4.79 Å². The molecule has 0 aliphatic carbocycles. The van der Waals surface area contributed by atoms with Gasteiger partial charge in [0.2, 0.25) is 0 Å². The predicted molar refractivity (Wildman–Crippen MR) is 87.7 cm³/mol. The number of carbonyl (C=O) groups is 1. The number of benzene rings is 1. The van der Waals surface area contributed by atoms with Crippen molar-refractivity contribution in [1.82, 2.24) is 0 Å². The van der Waals surface area contributed by atoms with E-state index < -0.39 is 28.4 Å². The lowest BCUT2D eigenvalue weighted by molar-refractivity contribution is 0.100. The number of hydrogen-bond donors (Lipinski definition) is 2. The maximum absolute atomic E-state index is 13.5. The van der Waals surface area contributed by atoms with Gasteiger partial charge in [-0.1, -0.05) is 25.8 Å². The van der Waals surface area contributed by atoms with Crippen molar-refractivity contribution in [3.8, 4) is 0 Å². The van der Waals surface area contributed by atoms with Crippen molar-refractivity contribution in [2.24, 2.45) is 16.5 Å². The zero-order chi connectivity index (χ0) is 17.6. The van der Waals surface area contributed by atoms with E-state index >= 15 is 0 Å². The number of amides is 1. The number of guanidine groups is 1. The van der Waals surface area contributed by atoms with Crippen molar-refractivity contribution < 1.29 is 17.6 Å². The van der Waals surface area contributed by atoms with Crippen LogP contribution in [0, 0.1) is 0 Å². The molecule has 6 nitrogen and oxygen atoms in total. The highest BCUT2D eigenvalue weighted by Crippen LogP contribution is 2.27. The third kappa shape index (κ3) is 5.02. The van der Waals surface area contributed by atoms with Crippen molar-refractivity contribution in [3.05, 3.63) is 28.8 Å². The van der Waals surface area contributed by atoms with E-state index in [0.717, 1.165) is 25.5 Å². The normalized spacial score (nSPS) is 11.3. The summed E-state index contributed by atoms with van der Waals surface area (Å²) in [5.74, 6) is -1.32. The second kappa shape index (κ2) is 8.05. The zero-order valence-electron chi connectivity index (χ0n) is 13.3. The van der Waals surface area contributed by atoms with Gasteiger partial charge in [0.05, 0.1) is 4.90 Å². The van der Waals surface area contributed by atoms with E-state index in [1.54, 1.807) is 0 Å². The molecular formula is C15H22FN3O3S. The van der Waals surface area contributed by atoms with Crippen LogP contribution in [0.1, 0.15) is 47.7 Å². The molecule has 0 fully saturated rings. The molecule has 0 spiro atoms. The van der Waals surface area contributed by atoms with Crippen molar-refractivity contribution >= 4 is 21.7 Å². The first kappa shape index (κ1) is 19.1. The van der Waals surface area contributed by atoms with Gasteiger partial charge in [-0.15, -0.1) is 0 Å². The molecule has 0 unspecified atom stereocenters. The number of nitrogens with two attached hydrogens (primary N) is 2. The molecule has 4 N–H and O–H groups in total. The van der Waals surface area contributed by atoms with Gasteiger partial charge in [0.1, 0.15) is 6.67 Å². The first-order valence-electron chi connectivity index (χ1n) is 7.27. The van der Waals surface area contributed by atoms with Crippen molar-refractivity contribution in [3.63, 3.8) is 0 Å². The van der Waals surface area contributed by atoms with Crippen LogP contribution in [0.25, 0.3) is 0 Å². The Kier molecular flexibility index (Phi) is 6.68. The molecule has 1 aromatic rings. The number of aliphatic imine (C=N–C) groups is 1. The maximum Gasteiger partial charge on any atom is 0.280 e. The summed E-state index contributed by atoms with van der Waals surface area (Å²) in [5.41, 5.74) is 10.5. The van der Waals surface area contributed by atoms with E-state index in [4.69, 9.17) is 11.5 Å². The Morgan fingerprint density at radius 2 is 1.91 bits per heavy atom. The number of sulfone groups is 1. The minimum Gasteiger partial charge on any atom is -0.370 e. The van der Waals surface area contributed by atoms with Crippen molar-refractivity contribution in [2.75, 3.05) is 6.26 Å². The summed E-state index contributed by atoms with van der Waals surface area (Å²) in [6.07, 6.45) is 4.19. The third-order valence-corrected chi connectivity index (χ3v) is 4.61. The fourth-order valence-corrected chi connectivity index (χ4v) is 3.67. The summed E-state index contributed by atoms with van der Waals surface area (Å²) in [5, 5.41) is 0. The molecule has 0 aliphatic rings. The molecule has 0 aliphatic heterocycles. The molecule has 128 valence electrons. The highest BCUT2D eigenvalue weighted by atomic mass is 32.2. The molecule has 0 bridgehead atoms. The lowest BCUT2D eigenvalue weighted by Gasteiger charge is -2.14. The summed E-state index contributed by atoms with van der Waals surface area (Å²) in [6, 6.07) is 2.90. The summed E-state index contributed by atoms with van der Waals surface area (Å²) >= 11 is 0. The first-order valence-corrected chi connectivity index (χ1v) is 9.16. The molecular weight excluding hydrogens is 321 g/mol. The Balaban J connectivity index is 3.49. The Hall–Kier alpha value is -1.96. The van der Waals surface area contributed by atoms with Gasteiger partial charge < -0.3 is 11.5 Å². The fourth-order valence-electron chi connectivity index (χ4n) is 2.41. The van der Waals surface area contributed by atoms with E-state index in [9.17, 15) is 17.6 Å². The average Bonchev–Trinajstić information content (AvgIpc) is 2.44. The van der Waals surface area contributed by atoms with Gasteiger partial charge in [0.25, 0.3) is 5.91 Å². The van der Waals surface area contributed by atoms with Crippen LogP contribution in [0.2, 0.25) is 0 Å². The topological polar surface area (TPSA) is 116 Å². The molecule has 0 saturated heterocycles. The molecule has 23 heavy (non-hydrogen) atoms. The van der Waals surface area contributed by atoms with Crippen molar-refractivity contribution in [1.29, 1.82) is 0 Å². The summed E-state index contributed by atoms with van der Waals surface area (Å²) < 4.78 is 37.7. The second-order valence-electron chi connectivity index (χ2n) is 5.28. The predicted octanol–water partition coefficient (Wildman–Crippen LogP) is 1.71. The van der Waals surface area contributed by atoms with Crippen LogP contribution in [0.3, 0.4) is 0 Å². The summed E-state index contributed by atoms with van der Waals surface area (Å²) in [6.45, 7) is 0.937. The minimum absolute atomic E-state index is 0.132. The molecule has 0 radical (unpaired) electrons. The maximum atomic E-state index is 13.5. The van der Waals surface area contributed by atoms with Gasteiger partial charge in [0.15, 0.2) is 15.8 Å². The molecule has 1 rings (SSSR count). The molecule has 0 saturated carbocycles. The van der Waals surface area contributed by atoms with Crippen LogP contribution in [-0.4, -0.2) is 26.5 Å². The van der Waals surface area contributed by atoms with E-state index in [0.29, 0.717) is 12.0 Å². The van der Waals surface area contributed by atoms with Crippen LogP contribution in [-0.2, 0) is 22.9 Å². The van der Waals surface area contributed by atoms with Gasteiger partial charge in [-0.05, 0) is 24.5 Å². The second-order valence-corrected chi connectivity index (χ2v) is 7.24. The molecule has 1 aromatic carbocycles. The summed E-state index contributed by atoms with van der Waals surface area (Å²) in [4.78, 5) is 15.2. The van der Waals surface area contributed by atoms with E-state index in [-0.39, 0.29) is 16.0 Å². The molecule has 0 atom stereocenters. The van der Waals surface area contributed by atoms with Gasteiger partial charge >= 0.3 is 0 Å². The number of nitrogens with zero attached hydrogens (tertiary/aromatic N) is 1. The molecule has 0 heterocycles. The lowest BCUT2D eigenvalue weighted by Crippen LogP contribution is -2.24. The van der Waals surface area contributed by atoms with Gasteiger partial charge in [-0.2, -0.15) is 4.99 Å². The number of hydrogen-bond acceptors (Lipinski definition) is 3. The summed E-state index contributed by atoms with van der Waals surface area (Å²) in [7, 11) is -3.70. The van der Waals surface area contributed by atoms with E-state index in [1.807, 2.05) is 6.92 Å². The smallest absolute Gasteiger partial charge is 0.280 e. The largest absolute Gasteiger partial charge is 0.370 e. The first-order chi connectivity index (χ1) is 10.7.